The third-order valence-corrected chi connectivity index (χ3v) is 8.56. The van der Waals surface area contributed by atoms with Crippen molar-refractivity contribution < 1.29 is 34.2 Å². The Balaban J connectivity index is 4.56. The van der Waals surface area contributed by atoms with Gasteiger partial charge in [-0.3, -0.25) is 4.48 Å². The molecule has 0 aliphatic carbocycles. The Hall–Kier alpha value is -1.89. The highest BCUT2D eigenvalue weighted by atomic mass is 16.4. The van der Waals surface area contributed by atoms with Crippen LogP contribution in [0.25, 0.3) is 0 Å². The molecule has 0 rings (SSSR count). The summed E-state index contributed by atoms with van der Waals surface area (Å²) >= 11 is 0. The number of carbonyl (C=O) groups is 3. The zero-order valence-electron chi connectivity index (χ0n) is 26.2. The average molecular weight is 569 g/mol. The summed E-state index contributed by atoms with van der Waals surface area (Å²) in [7, 11) is 0. The molecule has 0 aliphatic rings. The van der Waals surface area contributed by atoms with E-state index in [0.717, 1.165) is 25.7 Å². The Morgan fingerprint density at radius 1 is 0.500 bits per heavy atom. The Kier molecular flexibility index (Phi) is 22.7. The van der Waals surface area contributed by atoms with Gasteiger partial charge >= 0.3 is 17.9 Å². The van der Waals surface area contributed by atoms with Crippen LogP contribution in [-0.2, 0) is 14.4 Å². The molecule has 7 nitrogen and oxygen atoms in total. The van der Waals surface area contributed by atoms with Crippen molar-refractivity contribution in [3.05, 3.63) is 12.2 Å². The lowest BCUT2D eigenvalue weighted by Gasteiger charge is -2.49. The Labute approximate surface area is 245 Å². The first-order valence-electron chi connectivity index (χ1n) is 16.4. The number of carboxylic acid groups (broad SMARTS) is 3. The zero-order valence-corrected chi connectivity index (χ0v) is 26.2. The molecule has 0 heterocycles. The molecule has 0 aromatic carbocycles. The van der Waals surface area contributed by atoms with Gasteiger partial charge in [-0.15, -0.1) is 0 Å². The van der Waals surface area contributed by atoms with Crippen molar-refractivity contribution in [1.82, 2.24) is 0 Å². The molecular weight excluding hydrogens is 506 g/mol. The van der Waals surface area contributed by atoms with E-state index in [1.165, 1.54) is 77.0 Å². The lowest BCUT2D eigenvalue weighted by atomic mass is 9.94. The number of aliphatic carboxylic acids is 3. The maximum Gasteiger partial charge on any atom is 0.362 e. The van der Waals surface area contributed by atoms with E-state index in [1.807, 2.05) is 0 Å². The van der Waals surface area contributed by atoms with Crippen molar-refractivity contribution in [2.24, 2.45) is 0 Å². The number of nitrogens with zero attached hydrogens (tertiary/aromatic N) is 1. The summed E-state index contributed by atoms with van der Waals surface area (Å²) in [6.45, 7) is 7.61. The first-order chi connectivity index (χ1) is 19.2. The van der Waals surface area contributed by atoms with Crippen LogP contribution in [0.1, 0.15) is 156 Å². The molecule has 0 saturated carbocycles. The van der Waals surface area contributed by atoms with E-state index in [1.54, 1.807) is 20.8 Å². The van der Waals surface area contributed by atoms with E-state index in [2.05, 4.69) is 19.1 Å². The van der Waals surface area contributed by atoms with Crippen LogP contribution < -0.4 is 0 Å². The van der Waals surface area contributed by atoms with Crippen LogP contribution in [0.15, 0.2) is 12.2 Å². The van der Waals surface area contributed by atoms with Gasteiger partial charge in [-0.25, -0.2) is 14.4 Å². The fourth-order valence-corrected chi connectivity index (χ4v) is 6.44. The van der Waals surface area contributed by atoms with Crippen molar-refractivity contribution in [2.45, 2.75) is 174 Å². The molecule has 3 N–H and O–H groups in total. The summed E-state index contributed by atoms with van der Waals surface area (Å²) in [6.07, 6.45) is 25.6. The molecule has 0 amide bonds. The molecule has 40 heavy (non-hydrogen) atoms. The maximum absolute atomic E-state index is 12.3. The maximum atomic E-state index is 12.3. The summed E-state index contributed by atoms with van der Waals surface area (Å²) in [5.41, 5.74) is 0. The quantitative estimate of drug-likeness (QED) is 0.0495. The molecular formula is C33H62NO6+. The first-order valence-corrected chi connectivity index (χ1v) is 16.4. The molecule has 3 atom stereocenters. The zero-order chi connectivity index (χ0) is 30.2. The topological polar surface area (TPSA) is 112 Å². The van der Waals surface area contributed by atoms with Gasteiger partial charge in [-0.1, -0.05) is 110 Å². The number of allylic oxidation sites excluding steroid dienone is 2. The minimum absolute atomic E-state index is 0.185. The summed E-state index contributed by atoms with van der Waals surface area (Å²) in [4.78, 5) is 36.8. The average Bonchev–Trinajstić information content (AvgIpc) is 2.90. The smallest absolute Gasteiger partial charge is 0.362 e. The van der Waals surface area contributed by atoms with E-state index in [-0.39, 0.29) is 25.8 Å². The SMILES string of the molecule is CCCCCCCCCCCCCC/C=C/CCCCC[N+](C(CC)C(=O)O)(C(CC)C(=O)O)C(CC)C(=O)O. The second-order valence-electron chi connectivity index (χ2n) is 11.5. The Bertz CT molecular complexity index is 652. The van der Waals surface area contributed by atoms with Crippen LogP contribution in [0.4, 0.5) is 0 Å². The number of rotatable bonds is 28. The number of carboxylic acids is 3. The van der Waals surface area contributed by atoms with Gasteiger partial charge in [0.25, 0.3) is 0 Å². The van der Waals surface area contributed by atoms with Crippen LogP contribution in [-0.4, -0.2) is 62.4 Å². The highest BCUT2D eigenvalue weighted by Crippen LogP contribution is 2.32. The van der Waals surface area contributed by atoms with Gasteiger partial charge in [0.2, 0.25) is 0 Å². The van der Waals surface area contributed by atoms with Crippen molar-refractivity contribution in [2.75, 3.05) is 6.54 Å². The largest absolute Gasteiger partial charge is 0.477 e. The van der Waals surface area contributed by atoms with Crippen LogP contribution in [0, 0.1) is 0 Å². The molecule has 3 unspecified atom stereocenters. The third-order valence-electron chi connectivity index (χ3n) is 8.56. The van der Waals surface area contributed by atoms with Gasteiger partial charge in [-0.2, -0.15) is 0 Å². The summed E-state index contributed by atoms with van der Waals surface area (Å²) in [5, 5.41) is 30.0. The monoisotopic (exact) mass is 568 g/mol. The molecule has 0 bridgehead atoms. The molecule has 0 fully saturated rings. The van der Waals surface area contributed by atoms with Crippen molar-refractivity contribution >= 4 is 17.9 Å². The highest BCUT2D eigenvalue weighted by Gasteiger charge is 2.55. The molecule has 0 aliphatic heterocycles. The summed E-state index contributed by atoms with van der Waals surface area (Å²) in [6, 6.07) is -3.22. The molecule has 7 heteroatoms. The summed E-state index contributed by atoms with van der Waals surface area (Å²) in [5.74, 6) is -3.37. The van der Waals surface area contributed by atoms with E-state index in [9.17, 15) is 29.7 Å². The van der Waals surface area contributed by atoms with E-state index in [0.29, 0.717) is 6.42 Å². The highest BCUT2D eigenvalue weighted by molar-refractivity contribution is 5.78. The Morgan fingerprint density at radius 2 is 0.800 bits per heavy atom. The minimum Gasteiger partial charge on any atom is -0.477 e. The van der Waals surface area contributed by atoms with E-state index < -0.39 is 40.5 Å². The number of hydrogen-bond donors (Lipinski definition) is 3. The molecule has 0 aromatic heterocycles. The minimum atomic E-state index is -1.12. The van der Waals surface area contributed by atoms with E-state index in [4.69, 9.17) is 0 Å². The van der Waals surface area contributed by atoms with Crippen molar-refractivity contribution in [3.8, 4) is 0 Å². The van der Waals surface area contributed by atoms with Gasteiger partial charge in [0.1, 0.15) is 0 Å². The summed E-state index contributed by atoms with van der Waals surface area (Å²) < 4.78 is -0.418. The molecule has 0 saturated heterocycles. The lowest BCUT2D eigenvalue weighted by Crippen LogP contribution is -2.72. The second kappa shape index (κ2) is 23.8. The molecule has 0 aromatic rings. The first kappa shape index (κ1) is 38.1. The van der Waals surface area contributed by atoms with Gasteiger partial charge in [0, 0.05) is 19.3 Å². The van der Waals surface area contributed by atoms with Crippen LogP contribution in [0.5, 0.6) is 0 Å². The molecule has 0 spiro atoms. The predicted octanol–water partition coefficient (Wildman–Crippen LogP) is 8.60. The lowest BCUT2D eigenvalue weighted by molar-refractivity contribution is -0.973. The van der Waals surface area contributed by atoms with Crippen LogP contribution >= 0.6 is 0 Å². The molecule has 0 radical (unpaired) electrons. The van der Waals surface area contributed by atoms with E-state index >= 15 is 0 Å². The normalized spacial score (nSPS) is 15.5. The molecule has 234 valence electrons. The predicted molar refractivity (Wildman–Crippen MR) is 164 cm³/mol. The number of unbranched alkanes of at least 4 members (excludes halogenated alkanes) is 15. The third kappa shape index (κ3) is 14.1. The second-order valence-corrected chi connectivity index (χ2v) is 11.5. The number of quaternary nitrogens is 1. The van der Waals surface area contributed by atoms with Gasteiger partial charge in [0.05, 0.1) is 6.54 Å². The number of hydrogen-bond acceptors (Lipinski definition) is 3. The van der Waals surface area contributed by atoms with Gasteiger partial charge in [0.15, 0.2) is 18.1 Å². The fraction of sp³-hybridized carbons (Fsp3) is 0.848. The fourth-order valence-electron chi connectivity index (χ4n) is 6.44. The van der Waals surface area contributed by atoms with Crippen molar-refractivity contribution in [3.63, 3.8) is 0 Å². The van der Waals surface area contributed by atoms with Gasteiger partial charge < -0.3 is 15.3 Å². The van der Waals surface area contributed by atoms with Crippen LogP contribution in [0.3, 0.4) is 0 Å². The van der Waals surface area contributed by atoms with Crippen LogP contribution in [0.2, 0.25) is 0 Å². The van der Waals surface area contributed by atoms with Gasteiger partial charge in [-0.05, 0) is 38.5 Å². The van der Waals surface area contributed by atoms with Crippen molar-refractivity contribution in [1.29, 1.82) is 0 Å². The Morgan fingerprint density at radius 3 is 1.10 bits per heavy atom. The standard InChI is InChI=1S/C33H61NO6/c1-5-9-10-11-12-13-14-15-16-17-18-19-20-21-22-23-24-25-26-27-34(28(6-2)31(35)36,29(7-3)32(37)38)30(8-4)33(39)40/h21-22,28-30H,5-20,23-27H2,1-4H3,(H2-,35,36,37,38,39,40)/p+1/b22-21+.